The van der Waals surface area contributed by atoms with Gasteiger partial charge in [-0.2, -0.15) is 11.8 Å². The Kier molecular flexibility index (Phi) is 5.14. The fourth-order valence-corrected chi connectivity index (χ4v) is 2.17. The summed E-state index contributed by atoms with van der Waals surface area (Å²) >= 11 is 1.53. The molecule has 104 valence electrons. The molecule has 1 aliphatic rings. The van der Waals surface area contributed by atoms with Crippen molar-refractivity contribution in [1.82, 2.24) is 5.32 Å². The predicted octanol–water partition coefficient (Wildman–Crippen LogP) is 2.76. The highest BCUT2D eigenvalue weighted by atomic mass is 32.2. The molecular formula is C15H21NO2S. The van der Waals surface area contributed by atoms with Crippen molar-refractivity contribution in [2.75, 3.05) is 18.6 Å². The number of hydrogen-bond acceptors (Lipinski definition) is 3. The van der Waals surface area contributed by atoms with Crippen LogP contribution in [0, 0.1) is 12.8 Å². The molecule has 4 heteroatoms. The lowest BCUT2D eigenvalue weighted by molar-refractivity contribution is -0.118. The Balaban J connectivity index is 1.94. The molecule has 1 saturated carbocycles. The third-order valence-electron chi connectivity index (χ3n) is 3.15. The van der Waals surface area contributed by atoms with Crippen molar-refractivity contribution in [2.45, 2.75) is 26.3 Å². The Labute approximate surface area is 119 Å². The number of rotatable bonds is 7. The van der Waals surface area contributed by atoms with E-state index in [1.54, 1.807) is 0 Å². The summed E-state index contributed by atoms with van der Waals surface area (Å²) in [7, 11) is 0. The second kappa shape index (κ2) is 6.85. The Morgan fingerprint density at radius 3 is 2.95 bits per heavy atom. The quantitative estimate of drug-likeness (QED) is 0.834. The van der Waals surface area contributed by atoms with Gasteiger partial charge in [-0.15, -0.1) is 0 Å². The van der Waals surface area contributed by atoms with Gasteiger partial charge in [0.05, 0.1) is 12.4 Å². The first-order valence-electron chi connectivity index (χ1n) is 6.67. The highest BCUT2D eigenvalue weighted by molar-refractivity contribution is 7.99. The van der Waals surface area contributed by atoms with Crippen molar-refractivity contribution in [3.8, 4) is 5.75 Å². The summed E-state index contributed by atoms with van der Waals surface area (Å²) in [5.74, 6) is 2.22. The van der Waals surface area contributed by atoms with E-state index in [9.17, 15) is 4.79 Å². The van der Waals surface area contributed by atoms with Gasteiger partial charge in [-0.25, -0.2) is 0 Å². The molecule has 0 saturated heterocycles. The molecule has 1 aliphatic carbocycles. The van der Waals surface area contributed by atoms with Gasteiger partial charge in [0.25, 0.3) is 0 Å². The van der Waals surface area contributed by atoms with Crippen LogP contribution in [0.5, 0.6) is 5.75 Å². The lowest BCUT2D eigenvalue weighted by atomic mass is 10.1. The molecule has 3 nitrogen and oxygen atoms in total. The smallest absolute Gasteiger partial charge is 0.230 e. The van der Waals surface area contributed by atoms with Crippen molar-refractivity contribution in [3.63, 3.8) is 0 Å². The van der Waals surface area contributed by atoms with Gasteiger partial charge in [0.2, 0.25) is 5.91 Å². The molecule has 1 amide bonds. The average Bonchev–Trinajstić information content (AvgIpc) is 3.19. The van der Waals surface area contributed by atoms with Crippen LogP contribution in [0.25, 0.3) is 0 Å². The highest BCUT2D eigenvalue weighted by Crippen LogP contribution is 2.30. The lowest BCUT2D eigenvalue weighted by Crippen LogP contribution is -2.24. The Bertz CT molecular complexity index is 444. The normalized spacial score (nSPS) is 14.2. The van der Waals surface area contributed by atoms with Gasteiger partial charge in [-0.3, -0.25) is 4.79 Å². The van der Waals surface area contributed by atoms with E-state index in [0.717, 1.165) is 23.8 Å². The molecular weight excluding hydrogens is 258 g/mol. The molecule has 0 aromatic heterocycles. The van der Waals surface area contributed by atoms with Crippen molar-refractivity contribution < 1.29 is 9.53 Å². The van der Waals surface area contributed by atoms with Gasteiger partial charge in [0.15, 0.2) is 0 Å². The number of amides is 1. The van der Waals surface area contributed by atoms with Crippen molar-refractivity contribution >= 4 is 17.7 Å². The van der Waals surface area contributed by atoms with Crippen LogP contribution in [0.15, 0.2) is 18.2 Å². The van der Waals surface area contributed by atoms with Crippen LogP contribution in [0.3, 0.4) is 0 Å². The van der Waals surface area contributed by atoms with E-state index in [0.29, 0.717) is 12.3 Å². The largest absolute Gasteiger partial charge is 0.493 e. The lowest BCUT2D eigenvalue weighted by Gasteiger charge is -2.13. The van der Waals surface area contributed by atoms with Gasteiger partial charge < -0.3 is 10.1 Å². The first kappa shape index (κ1) is 14.3. The molecule has 0 unspecified atom stereocenters. The van der Waals surface area contributed by atoms with Crippen molar-refractivity contribution in [2.24, 2.45) is 5.92 Å². The second-order valence-corrected chi connectivity index (χ2v) is 5.94. The van der Waals surface area contributed by atoms with E-state index in [2.05, 4.69) is 24.4 Å². The van der Waals surface area contributed by atoms with Crippen LogP contribution < -0.4 is 10.1 Å². The van der Waals surface area contributed by atoms with Crippen LogP contribution in [0.4, 0.5) is 0 Å². The zero-order valence-electron chi connectivity index (χ0n) is 11.6. The highest BCUT2D eigenvalue weighted by Gasteiger charge is 2.22. The zero-order chi connectivity index (χ0) is 13.7. The van der Waals surface area contributed by atoms with E-state index >= 15 is 0 Å². The minimum absolute atomic E-state index is 0.0706. The van der Waals surface area contributed by atoms with E-state index < -0.39 is 0 Å². The fourth-order valence-electron chi connectivity index (χ4n) is 1.81. The monoisotopic (exact) mass is 279 g/mol. The number of ether oxygens (including phenoxy) is 1. The summed E-state index contributed by atoms with van der Waals surface area (Å²) in [4.78, 5) is 11.5. The number of nitrogens with one attached hydrogen (secondary N) is 1. The summed E-state index contributed by atoms with van der Waals surface area (Å²) in [6.07, 6.45) is 4.49. The summed E-state index contributed by atoms with van der Waals surface area (Å²) < 4.78 is 5.88. The number of carbonyl (C=O) groups is 1. The number of benzene rings is 1. The molecule has 1 N–H and O–H groups in total. The molecule has 0 radical (unpaired) electrons. The number of thioether (sulfide) groups is 1. The Hall–Kier alpha value is -1.16. The predicted molar refractivity (Wildman–Crippen MR) is 79.6 cm³/mol. The summed E-state index contributed by atoms with van der Waals surface area (Å²) in [5, 5.41) is 2.92. The molecule has 1 fully saturated rings. The Morgan fingerprint density at radius 1 is 1.47 bits per heavy atom. The molecule has 19 heavy (non-hydrogen) atoms. The van der Waals surface area contributed by atoms with Gasteiger partial charge >= 0.3 is 0 Å². The first-order valence-corrected chi connectivity index (χ1v) is 8.06. The maximum absolute atomic E-state index is 11.5. The standard InChI is InChI=1S/C15H21NO2S/c1-11-3-6-13(8-16-15(17)10-19-2)14(7-11)18-9-12-4-5-12/h3,6-7,12H,4-5,8-10H2,1-2H3,(H,16,17). The average molecular weight is 279 g/mol. The molecule has 1 aromatic rings. The summed E-state index contributed by atoms with van der Waals surface area (Å²) in [6, 6.07) is 6.15. The van der Waals surface area contributed by atoms with Crippen molar-refractivity contribution in [3.05, 3.63) is 29.3 Å². The molecule has 2 rings (SSSR count). The number of aryl methyl sites for hydroxylation is 1. The van der Waals surface area contributed by atoms with Crippen LogP contribution in [0.1, 0.15) is 24.0 Å². The molecule has 0 spiro atoms. The number of carbonyl (C=O) groups excluding carboxylic acids is 1. The summed E-state index contributed by atoms with van der Waals surface area (Å²) in [5.41, 5.74) is 2.24. The van der Waals surface area contributed by atoms with E-state index in [-0.39, 0.29) is 5.91 Å². The third kappa shape index (κ3) is 4.78. The maximum atomic E-state index is 11.5. The molecule has 1 aromatic carbocycles. The Morgan fingerprint density at radius 2 is 2.26 bits per heavy atom. The molecule has 0 atom stereocenters. The summed E-state index contributed by atoms with van der Waals surface area (Å²) in [6.45, 7) is 3.40. The van der Waals surface area contributed by atoms with E-state index in [4.69, 9.17) is 4.74 Å². The third-order valence-corrected chi connectivity index (χ3v) is 3.70. The molecule has 0 aliphatic heterocycles. The topological polar surface area (TPSA) is 38.3 Å². The van der Waals surface area contributed by atoms with E-state index in [1.165, 1.54) is 30.2 Å². The fraction of sp³-hybridized carbons (Fsp3) is 0.533. The number of hydrogen-bond donors (Lipinski definition) is 1. The molecule has 0 heterocycles. The minimum Gasteiger partial charge on any atom is -0.493 e. The van der Waals surface area contributed by atoms with Gasteiger partial charge in [0, 0.05) is 12.1 Å². The minimum atomic E-state index is 0.0706. The van der Waals surface area contributed by atoms with E-state index in [1.807, 2.05) is 12.3 Å². The second-order valence-electron chi connectivity index (χ2n) is 5.08. The molecule has 0 bridgehead atoms. The van der Waals surface area contributed by atoms with Crippen LogP contribution in [-0.4, -0.2) is 24.5 Å². The first-order chi connectivity index (χ1) is 9.19. The van der Waals surface area contributed by atoms with Crippen LogP contribution >= 0.6 is 11.8 Å². The SMILES string of the molecule is CSCC(=O)NCc1ccc(C)cc1OCC1CC1. The maximum Gasteiger partial charge on any atom is 0.230 e. The van der Waals surface area contributed by atoms with Crippen LogP contribution in [-0.2, 0) is 11.3 Å². The van der Waals surface area contributed by atoms with Crippen LogP contribution in [0.2, 0.25) is 0 Å². The van der Waals surface area contributed by atoms with Gasteiger partial charge in [-0.1, -0.05) is 12.1 Å². The van der Waals surface area contributed by atoms with Gasteiger partial charge in [-0.05, 0) is 43.6 Å². The van der Waals surface area contributed by atoms with Crippen molar-refractivity contribution in [1.29, 1.82) is 0 Å². The zero-order valence-corrected chi connectivity index (χ0v) is 12.4. The van der Waals surface area contributed by atoms with Gasteiger partial charge in [0.1, 0.15) is 5.75 Å².